The zero-order valence-electron chi connectivity index (χ0n) is 12.2. The summed E-state index contributed by atoms with van der Waals surface area (Å²) in [5.74, 6) is 0. The molecular weight excluding hydrogens is 212 g/mol. The third-order valence-electron chi connectivity index (χ3n) is 4.20. The first-order valence-electron chi connectivity index (χ1n) is 6.93. The first kappa shape index (κ1) is 14.9. The summed E-state index contributed by atoms with van der Waals surface area (Å²) in [6.07, 6.45) is 2.95. The van der Waals surface area contributed by atoms with Crippen molar-refractivity contribution >= 4 is 0 Å². The number of nitrogens with zero attached hydrogens (tertiary/aromatic N) is 2. The van der Waals surface area contributed by atoms with Crippen molar-refractivity contribution in [2.75, 3.05) is 33.7 Å². The fourth-order valence-electron chi connectivity index (χ4n) is 2.91. The highest BCUT2D eigenvalue weighted by molar-refractivity contribution is 4.92. The number of rotatable bonds is 5. The van der Waals surface area contributed by atoms with E-state index in [-0.39, 0.29) is 6.10 Å². The SMILES string of the molecule is CCN(CCN(C)C)C1CC(O)CCC1(C)C. The molecule has 3 nitrogen and oxygen atoms in total. The first-order chi connectivity index (χ1) is 7.86. The van der Waals surface area contributed by atoms with Crippen molar-refractivity contribution in [3.05, 3.63) is 0 Å². The van der Waals surface area contributed by atoms with Crippen LogP contribution in [0.2, 0.25) is 0 Å². The molecule has 0 spiro atoms. The lowest BCUT2D eigenvalue weighted by molar-refractivity contribution is -0.0112. The fraction of sp³-hybridized carbons (Fsp3) is 1.00. The van der Waals surface area contributed by atoms with Crippen LogP contribution in [-0.2, 0) is 0 Å². The molecule has 1 N–H and O–H groups in total. The maximum atomic E-state index is 9.90. The van der Waals surface area contributed by atoms with Crippen LogP contribution in [0.5, 0.6) is 0 Å². The molecule has 0 aromatic carbocycles. The third kappa shape index (κ3) is 4.23. The Labute approximate surface area is 107 Å². The molecule has 2 unspecified atom stereocenters. The van der Waals surface area contributed by atoms with Gasteiger partial charge in [0.05, 0.1) is 6.10 Å². The van der Waals surface area contributed by atoms with Gasteiger partial charge in [-0.1, -0.05) is 20.8 Å². The summed E-state index contributed by atoms with van der Waals surface area (Å²) in [7, 11) is 4.24. The maximum Gasteiger partial charge on any atom is 0.0555 e. The summed E-state index contributed by atoms with van der Waals surface area (Å²) in [6.45, 7) is 10.2. The summed E-state index contributed by atoms with van der Waals surface area (Å²) < 4.78 is 0. The van der Waals surface area contributed by atoms with Crippen molar-refractivity contribution in [2.45, 2.75) is 52.2 Å². The third-order valence-corrected chi connectivity index (χ3v) is 4.20. The summed E-state index contributed by atoms with van der Waals surface area (Å²) in [5, 5.41) is 9.90. The van der Waals surface area contributed by atoms with Gasteiger partial charge in [0.1, 0.15) is 0 Å². The summed E-state index contributed by atoms with van der Waals surface area (Å²) in [4.78, 5) is 4.78. The van der Waals surface area contributed by atoms with Gasteiger partial charge in [0, 0.05) is 19.1 Å². The van der Waals surface area contributed by atoms with Crippen LogP contribution < -0.4 is 0 Å². The highest BCUT2D eigenvalue weighted by atomic mass is 16.3. The van der Waals surface area contributed by atoms with E-state index in [0.717, 1.165) is 38.9 Å². The largest absolute Gasteiger partial charge is 0.393 e. The Kier molecular flexibility index (Phi) is 5.42. The van der Waals surface area contributed by atoms with Crippen molar-refractivity contribution in [3.63, 3.8) is 0 Å². The molecule has 1 aliphatic carbocycles. The molecule has 0 aromatic rings. The van der Waals surface area contributed by atoms with Gasteiger partial charge in [-0.05, 0) is 45.3 Å². The van der Waals surface area contributed by atoms with Crippen molar-refractivity contribution in [1.82, 2.24) is 9.80 Å². The van der Waals surface area contributed by atoms with Gasteiger partial charge in [-0.15, -0.1) is 0 Å². The van der Waals surface area contributed by atoms with Crippen LogP contribution in [0.4, 0.5) is 0 Å². The highest BCUT2D eigenvalue weighted by Crippen LogP contribution is 2.38. The number of hydrogen-bond donors (Lipinski definition) is 1. The van der Waals surface area contributed by atoms with E-state index in [0.29, 0.717) is 11.5 Å². The van der Waals surface area contributed by atoms with Crippen LogP contribution in [0.1, 0.15) is 40.0 Å². The number of hydrogen-bond acceptors (Lipinski definition) is 3. The summed E-state index contributed by atoms with van der Waals surface area (Å²) in [5.41, 5.74) is 0.335. The average molecular weight is 242 g/mol. The second kappa shape index (κ2) is 6.17. The molecule has 0 bridgehead atoms. The molecule has 2 atom stereocenters. The van der Waals surface area contributed by atoms with Crippen LogP contribution in [0.25, 0.3) is 0 Å². The minimum absolute atomic E-state index is 0.0959. The van der Waals surface area contributed by atoms with Gasteiger partial charge in [0.25, 0.3) is 0 Å². The molecule has 102 valence electrons. The van der Waals surface area contributed by atoms with Gasteiger partial charge >= 0.3 is 0 Å². The zero-order valence-corrected chi connectivity index (χ0v) is 12.2. The molecular formula is C14H30N2O. The van der Waals surface area contributed by atoms with Gasteiger partial charge in [0.15, 0.2) is 0 Å². The molecule has 0 saturated heterocycles. The van der Waals surface area contributed by atoms with Gasteiger partial charge < -0.3 is 10.0 Å². The molecule has 1 rings (SSSR count). The molecule has 0 heterocycles. The quantitative estimate of drug-likeness (QED) is 0.796. The van der Waals surface area contributed by atoms with Crippen LogP contribution in [0, 0.1) is 5.41 Å². The molecule has 17 heavy (non-hydrogen) atoms. The Morgan fingerprint density at radius 2 is 1.88 bits per heavy atom. The van der Waals surface area contributed by atoms with E-state index in [9.17, 15) is 5.11 Å². The minimum atomic E-state index is -0.0959. The summed E-state index contributed by atoms with van der Waals surface area (Å²) in [6, 6.07) is 0.524. The predicted octanol–water partition coefficient (Wildman–Crippen LogP) is 1.81. The molecule has 0 amide bonds. The fourth-order valence-corrected chi connectivity index (χ4v) is 2.91. The zero-order chi connectivity index (χ0) is 13.1. The van der Waals surface area contributed by atoms with E-state index in [4.69, 9.17) is 0 Å². The molecule has 3 heteroatoms. The lowest BCUT2D eigenvalue weighted by Crippen LogP contribution is -2.51. The second-order valence-electron chi connectivity index (χ2n) is 6.36. The topological polar surface area (TPSA) is 26.7 Å². The van der Waals surface area contributed by atoms with Crippen LogP contribution in [-0.4, -0.2) is 60.8 Å². The van der Waals surface area contributed by atoms with Gasteiger partial charge in [-0.2, -0.15) is 0 Å². The minimum Gasteiger partial charge on any atom is -0.393 e. The van der Waals surface area contributed by atoms with Crippen molar-refractivity contribution in [2.24, 2.45) is 5.41 Å². The van der Waals surface area contributed by atoms with Crippen molar-refractivity contribution < 1.29 is 5.11 Å². The van der Waals surface area contributed by atoms with Gasteiger partial charge in [0.2, 0.25) is 0 Å². The standard InChI is InChI=1S/C14H30N2O/c1-6-16(10-9-15(4)5)13-11-12(17)7-8-14(13,2)3/h12-13,17H,6-11H2,1-5H3. The average Bonchev–Trinajstić information content (AvgIpc) is 2.24. The van der Waals surface area contributed by atoms with E-state index in [1.165, 1.54) is 0 Å². The Balaban J connectivity index is 2.63. The maximum absolute atomic E-state index is 9.90. The molecule has 1 fully saturated rings. The smallest absolute Gasteiger partial charge is 0.0555 e. The lowest BCUT2D eigenvalue weighted by Gasteiger charge is -2.46. The predicted molar refractivity (Wildman–Crippen MR) is 73.2 cm³/mol. The molecule has 0 aliphatic heterocycles. The van der Waals surface area contributed by atoms with E-state index < -0.39 is 0 Å². The number of aliphatic hydroxyl groups excluding tert-OH is 1. The molecule has 1 aliphatic rings. The Bertz CT molecular complexity index is 228. The Morgan fingerprint density at radius 1 is 1.24 bits per heavy atom. The van der Waals surface area contributed by atoms with E-state index in [2.05, 4.69) is 44.7 Å². The number of aliphatic hydroxyl groups is 1. The van der Waals surface area contributed by atoms with E-state index >= 15 is 0 Å². The van der Waals surface area contributed by atoms with E-state index in [1.54, 1.807) is 0 Å². The Hall–Kier alpha value is -0.120. The molecule has 0 aromatic heterocycles. The lowest BCUT2D eigenvalue weighted by atomic mass is 9.71. The van der Waals surface area contributed by atoms with Crippen LogP contribution in [0.3, 0.4) is 0 Å². The first-order valence-corrected chi connectivity index (χ1v) is 6.93. The number of likely N-dealkylation sites (N-methyl/N-ethyl adjacent to an activating group) is 2. The second-order valence-corrected chi connectivity index (χ2v) is 6.36. The van der Waals surface area contributed by atoms with Crippen molar-refractivity contribution in [3.8, 4) is 0 Å². The van der Waals surface area contributed by atoms with Crippen LogP contribution in [0.15, 0.2) is 0 Å². The van der Waals surface area contributed by atoms with Gasteiger partial charge in [-0.25, -0.2) is 0 Å². The van der Waals surface area contributed by atoms with Crippen LogP contribution >= 0.6 is 0 Å². The van der Waals surface area contributed by atoms with E-state index in [1.807, 2.05) is 0 Å². The summed E-state index contributed by atoms with van der Waals surface area (Å²) >= 11 is 0. The highest BCUT2D eigenvalue weighted by Gasteiger charge is 2.38. The normalized spacial score (nSPS) is 28.9. The van der Waals surface area contributed by atoms with Gasteiger partial charge in [-0.3, -0.25) is 4.90 Å². The molecule has 0 radical (unpaired) electrons. The monoisotopic (exact) mass is 242 g/mol. The Morgan fingerprint density at radius 3 is 2.41 bits per heavy atom. The van der Waals surface area contributed by atoms with Crippen molar-refractivity contribution in [1.29, 1.82) is 0 Å². The molecule has 1 saturated carbocycles.